The fourth-order valence-corrected chi connectivity index (χ4v) is 4.43. The van der Waals surface area contributed by atoms with Crippen LogP contribution in [0.15, 0.2) is 24.5 Å². The van der Waals surface area contributed by atoms with Crippen LogP contribution < -0.4 is 9.47 Å². The van der Waals surface area contributed by atoms with E-state index in [1.807, 2.05) is 17.0 Å². The lowest BCUT2D eigenvalue weighted by Gasteiger charge is -2.44. The van der Waals surface area contributed by atoms with Gasteiger partial charge in [-0.25, -0.2) is 4.98 Å². The van der Waals surface area contributed by atoms with Crippen LogP contribution in [0.3, 0.4) is 0 Å². The summed E-state index contributed by atoms with van der Waals surface area (Å²) in [6, 6.07) is 5.45. The minimum Gasteiger partial charge on any atom is -0.454 e. The van der Waals surface area contributed by atoms with Crippen molar-refractivity contribution in [1.29, 1.82) is 0 Å². The van der Waals surface area contributed by atoms with E-state index >= 15 is 0 Å². The van der Waals surface area contributed by atoms with Gasteiger partial charge >= 0.3 is 0 Å². The van der Waals surface area contributed by atoms with Gasteiger partial charge in [0.25, 0.3) is 5.91 Å². The van der Waals surface area contributed by atoms with Crippen molar-refractivity contribution < 1.29 is 14.3 Å². The fraction of sp³-hybridized carbons (Fsp3) is 0.444. The number of benzene rings is 1. The van der Waals surface area contributed by atoms with Gasteiger partial charge in [0.1, 0.15) is 0 Å². The second kappa shape index (κ2) is 5.00. The number of carbonyl (C=O) groups is 1. The van der Waals surface area contributed by atoms with Crippen LogP contribution in [-0.2, 0) is 12.0 Å². The van der Waals surface area contributed by atoms with Gasteiger partial charge in [0.2, 0.25) is 6.79 Å². The number of imidazole rings is 1. The van der Waals surface area contributed by atoms with Gasteiger partial charge < -0.3 is 19.4 Å². The lowest BCUT2D eigenvalue weighted by molar-refractivity contribution is 0.0416. The number of hydrogen-bond acceptors (Lipinski definition) is 4. The Morgan fingerprint density at radius 2 is 2.04 bits per heavy atom. The molecule has 6 heteroatoms. The summed E-state index contributed by atoms with van der Waals surface area (Å²) < 4.78 is 10.8. The number of rotatable bonds is 1. The standard InChI is InChI=1S/C18H19N3O3/c22-17(12-3-4-14-15(9-12)24-11-23-14)21-8-5-13-16(20-10-19-13)18(21)6-1-2-7-18/h3-4,9-10H,1-2,5-8,11H2,(H,19,20). The van der Waals surface area contributed by atoms with Crippen molar-refractivity contribution in [2.45, 2.75) is 37.6 Å². The van der Waals surface area contributed by atoms with Crippen molar-refractivity contribution >= 4 is 5.91 Å². The van der Waals surface area contributed by atoms with E-state index in [1.54, 1.807) is 12.4 Å². The molecule has 1 amide bonds. The lowest BCUT2D eigenvalue weighted by Crippen LogP contribution is -2.52. The molecule has 124 valence electrons. The third kappa shape index (κ3) is 1.82. The summed E-state index contributed by atoms with van der Waals surface area (Å²) in [6.07, 6.45) is 6.84. The van der Waals surface area contributed by atoms with Crippen LogP contribution in [-0.4, -0.2) is 34.1 Å². The molecule has 1 fully saturated rings. The molecule has 1 saturated carbocycles. The monoisotopic (exact) mass is 325 g/mol. The number of aromatic nitrogens is 2. The maximum Gasteiger partial charge on any atom is 0.254 e. The van der Waals surface area contributed by atoms with Gasteiger partial charge in [0, 0.05) is 24.2 Å². The highest BCUT2D eigenvalue weighted by Crippen LogP contribution is 2.47. The summed E-state index contributed by atoms with van der Waals surface area (Å²) in [5.74, 6) is 1.41. The maximum absolute atomic E-state index is 13.3. The average molecular weight is 325 g/mol. The zero-order valence-electron chi connectivity index (χ0n) is 13.4. The van der Waals surface area contributed by atoms with Crippen LogP contribution in [0.2, 0.25) is 0 Å². The molecular weight excluding hydrogens is 306 g/mol. The molecule has 0 saturated heterocycles. The van der Waals surface area contributed by atoms with Crippen LogP contribution in [0.1, 0.15) is 47.4 Å². The van der Waals surface area contributed by atoms with E-state index in [4.69, 9.17) is 9.47 Å². The first-order valence-electron chi connectivity index (χ1n) is 8.52. The van der Waals surface area contributed by atoms with E-state index in [0.717, 1.165) is 44.3 Å². The predicted octanol–water partition coefficient (Wildman–Crippen LogP) is 2.61. The molecule has 1 aromatic carbocycles. The Bertz CT molecular complexity index is 808. The number of aromatic amines is 1. The van der Waals surface area contributed by atoms with Crippen LogP contribution in [0.5, 0.6) is 11.5 Å². The third-order valence-corrected chi connectivity index (χ3v) is 5.56. The molecule has 1 N–H and O–H groups in total. The number of fused-ring (bicyclic) bond motifs is 3. The highest BCUT2D eigenvalue weighted by Gasteiger charge is 2.48. The van der Waals surface area contributed by atoms with Gasteiger partial charge in [-0.15, -0.1) is 0 Å². The predicted molar refractivity (Wildman–Crippen MR) is 86.0 cm³/mol. The number of nitrogens with one attached hydrogen (secondary N) is 1. The van der Waals surface area contributed by atoms with Crippen molar-refractivity contribution in [3.63, 3.8) is 0 Å². The van der Waals surface area contributed by atoms with Crippen molar-refractivity contribution in [2.75, 3.05) is 13.3 Å². The highest BCUT2D eigenvalue weighted by molar-refractivity contribution is 5.95. The van der Waals surface area contributed by atoms with E-state index in [9.17, 15) is 4.79 Å². The Morgan fingerprint density at radius 3 is 2.92 bits per heavy atom. The summed E-state index contributed by atoms with van der Waals surface area (Å²) >= 11 is 0. The minimum atomic E-state index is -0.249. The largest absolute Gasteiger partial charge is 0.454 e. The van der Waals surface area contributed by atoms with E-state index in [1.165, 1.54) is 5.69 Å². The zero-order chi connectivity index (χ0) is 16.1. The Balaban J connectivity index is 1.55. The fourth-order valence-electron chi connectivity index (χ4n) is 4.43. The summed E-state index contributed by atoms with van der Waals surface area (Å²) in [4.78, 5) is 23.2. The summed E-state index contributed by atoms with van der Waals surface area (Å²) in [5.41, 5.74) is 2.66. The van der Waals surface area contributed by atoms with Gasteiger partial charge in [-0.1, -0.05) is 12.8 Å². The number of H-pyrrole nitrogens is 1. The Morgan fingerprint density at radius 1 is 1.21 bits per heavy atom. The molecule has 2 aromatic rings. The molecule has 2 aliphatic heterocycles. The van der Waals surface area contributed by atoms with Gasteiger partial charge in [-0.05, 0) is 31.0 Å². The molecule has 0 radical (unpaired) electrons. The zero-order valence-corrected chi connectivity index (χ0v) is 13.4. The number of amides is 1. The lowest BCUT2D eigenvalue weighted by atomic mass is 9.84. The van der Waals surface area contributed by atoms with Crippen LogP contribution in [0.4, 0.5) is 0 Å². The molecule has 0 unspecified atom stereocenters. The number of hydrogen-bond donors (Lipinski definition) is 1. The minimum absolute atomic E-state index is 0.0591. The van der Waals surface area contributed by atoms with Gasteiger partial charge in [0.15, 0.2) is 11.5 Å². The molecular formula is C18H19N3O3. The summed E-state index contributed by atoms with van der Waals surface area (Å²) in [6.45, 7) is 0.944. The normalized spacial score (nSPS) is 20.4. The molecule has 1 aromatic heterocycles. The Kier molecular flexibility index (Phi) is 2.89. The van der Waals surface area contributed by atoms with Crippen LogP contribution in [0, 0.1) is 0 Å². The second-order valence-electron chi connectivity index (χ2n) is 6.74. The van der Waals surface area contributed by atoms with E-state index in [-0.39, 0.29) is 18.2 Å². The topological polar surface area (TPSA) is 67.5 Å². The average Bonchev–Trinajstić information content (AvgIpc) is 3.34. The first-order valence-corrected chi connectivity index (χ1v) is 8.52. The van der Waals surface area contributed by atoms with E-state index in [0.29, 0.717) is 17.1 Å². The molecule has 0 atom stereocenters. The molecule has 0 bridgehead atoms. The Hall–Kier alpha value is -2.50. The first-order chi connectivity index (χ1) is 11.8. The van der Waals surface area contributed by atoms with E-state index < -0.39 is 0 Å². The highest BCUT2D eigenvalue weighted by atomic mass is 16.7. The maximum atomic E-state index is 13.3. The molecule has 1 aliphatic carbocycles. The third-order valence-electron chi connectivity index (χ3n) is 5.56. The van der Waals surface area contributed by atoms with Crippen molar-refractivity contribution in [1.82, 2.24) is 14.9 Å². The van der Waals surface area contributed by atoms with Crippen molar-refractivity contribution in [3.05, 3.63) is 41.5 Å². The van der Waals surface area contributed by atoms with Gasteiger partial charge in [-0.3, -0.25) is 4.79 Å². The number of ether oxygens (including phenoxy) is 2. The molecule has 3 aliphatic rings. The van der Waals surface area contributed by atoms with Crippen molar-refractivity contribution in [3.8, 4) is 11.5 Å². The van der Waals surface area contributed by atoms with Gasteiger partial charge in [-0.2, -0.15) is 0 Å². The quantitative estimate of drug-likeness (QED) is 0.875. The smallest absolute Gasteiger partial charge is 0.254 e. The number of carbonyl (C=O) groups excluding carboxylic acids is 1. The summed E-state index contributed by atoms with van der Waals surface area (Å²) in [5, 5.41) is 0. The molecule has 6 nitrogen and oxygen atoms in total. The second-order valence-corrected chi connectivity index (χ2v) is 6.74. The SMILES string of the molecule is O=C(c1ccc2c(c1)OCO2)N1CCc2[nH]cnc2C12CCCC2. The van der Waals surface area contributed by atoms with E-state index in [2.05, 4.69) is 9.97 Å². The first kappa shape index (κ1) is 13.9. The van der Waals surface area contributed by atoms with Crippen molar-refractivity contribution in [2.24, 2.45) is 0 Å². The summed E-state index contributed by atoms with van der Waals surface area (Å²) in [7, 11) is 0. The number of nitrogens with zero attached hydrogens (tertiary/aromatic N) is 2. The Labute approximate surface area is 139 Å². The van der Waals surface area contributed by atoms with Crippen LogP contribution in [0.25, 0.3) is 0 Å². The molecule has 1 spiro atoms. The molecule has 5 rings (SSSR count). The molecule has 3 heterocycles. The molecule has 24 heavy (non-hydrogen) atoms. The van der Waals surface area contributed by atoms with Crippen LogP contribution >= 0.6 is 0 Å². The van der Waals surface area contributed by atoms with Gasteiger partial charge in [0.05, 0.1) is 17.6 Å².